The highest BCUT2D eigenvalue weighted by molar-refractivity contribution is 6.31. The van der Waals surface area contributed by atoms with Crippen LogP contribution in [-0.4, -0.2) is 40.8 Å². The predicted molar refractivity (Wildman–Crippen MR) is 109 cm³/mol. The zero-order chi connectivity index (χ0) is 21.5. The van der Waals surface area contributed by atoms with E-state index >= 15 is 0 Å². The highest BCUT2D eigenvalue weighted by atomic mass is 35.5. The molecule has 1 aromatic carbocycles. The molecular formula is C20H18Cl2FN3O4. The molecule has 1 aromatic heterocycles. The summed E-state index contributed by atoms with van der Waals surface area (Å²) in [4.78, 5) is 29.0. The van der Waals surface area contributed by atoms with E-state index in [4.69, 9.17) is 27.9 Å². The third-order valence-electron chi connectivity index (χ3n) is 5.54. The molecule has 2 N–H and O–H groups in total. The molecule has 2 bridgehead atoms. The monoisotopic (exact) mass is 453 g/mol. The molecular weight excluding hydrogens is 436 g/mol. The van der Waals surface area contributed by atoms with Crippen LogP contribution >= 0.6 is 23.2 Å². The third kappa shape index (κ3) is 4.02. The van der Waals surface area contributed by atoms with Crippen LogP contribution < -0.4 is 15.0 Å². The summed E-state index contributed by atoms with van der Waals surface area (Å²) < 4.78 is 19.1. The minimum atomic E-state index is -1.16. The van der Waals surface area contributed by atoms with E-state index in [0.29, 0.717) is 30.2 Å². The Kier molecular flexibility index (Phi) is 5.23. The van der Waals surface area contributed by atoms with Gasteiger partial charge in [-0.15, -0.1) is 0 Å². The Labute approximate surface area is 181 Å². The van der Waals surface area contributed by atoms with Crippen LogP contribution in [0.15, 0.2) is 36.5 Å². The molecule has 10 heteroatoms. The van der Waals surface area contributed by atoms with Crippen molar-refractivity contribution in [3.63, 3.8) is 0 Å². The van der Waals surface area contributed by atoms with Gasteiger partial charge in [0.25, 0.3) is 5.91 Å². The Morgan fingerprint density at radius 1 is 1.23 bits per heavy atom. The second-order valence-corrected chi connectivity index (χ2v) is 8.77. The van der Waals surface area contributed by atoms with Gasteiger partial charge in [-0.3, -0.25) is 9.69 Å². The molecule has 3 saturated carbocycles. The average Bonchev–Trinajstić information content (AvgIpc) is 2.64. The zero-order valence-electron chi connectivity index (χ0n) is 15.7. The van der Waals surface area contributed by atoms with Crippen LogP contribution in [0.1, 0.15) is 19.3 Å². The number of amides is 2. The molecule has 5 rings (SSSR count). The summed E-state index contributed by atoms with van der Waals surface area (Å²) in [5.41, 5.74) is -0.319. The third-order valence-corrected chi connectivity index (χ3v) is 6.07. The van der Waals surface area contributed by atoms with Crippen molar-refractivity contribution < 1.29 is 23.8 Å². The van der Waals surface area contributed by atoms with E-state index in [-0.39, 0.29) is 40.7 Å². The topological polar surface area (TPSA) is 91.8 Å². The second-order valence-electron chi connectivity index (χ2n) is 7.93. The number of hydrogen-bond acceptors (Lipinski definition) is 4. The van der Waals surface area contributed by atoms with Crippen LogP contribution in [0.5, 0.6) is 5.88 Å². The highest BCUT2D eigenvalue weighted by Gasteiger charge is 2.68. The summed E-state index contributed by atoms with van der Waals surface area (Å²) in [6.45, 7) is 0.0565. The molecule has 0 atom stereocenters. The number of ether oxygens (including phenoxy) is 1. The molecule has 2 amide bonds. The maximum atomic E-state index is 13.7. The molecule has 1 heterocycles. The number of hydrogen-bond donors (Lipinski definition) is 2. The van der Waals surface area contributed by atoms with Crippen LogP contribution in [-0.2, 0) is 4.79 Å². The molecule has 0 unspecified atom stereocenters. The van der Waals surface area contributed by atoms with Gasteiger partial charge in [0.05, 0.1) is 15.7 Å². The number of anilines is 1. The summed E-state index contributed by atoms with van der Waals surface area (Å²) in [5.74, 6) is -0.636. The number of benzene rings is 1. The summed E-state index contributed by atoms with van der Waals surface area (Å²) in [7, 11) is 0. The summed E-state index contributed by atoms with van der Waals surface area (Å²) in [6.07, 6.45) is 2.24. The molecule has 0 radical (unpaired) electrons. The lowest BCUT2D eigenvalue weighted by atomic mass is 9.39. The van der Waals surface area contributed by atoms with Gasteiger partial charge < -0.3 is 15.2 Å². The minimum absolute atomic E-state index is 0.0627. The maximum absolute atomic E-state index is 13.7. The van der Waals surface area contributed by atoms with Crippen LogP contribution in [0.25, 0.3) is 0 Å². The van der Waals surface area contributed by atoms with Crippen LogP contribution in [0.2, 0.25) is 10.0 Å². The fourth-order valence-electron chi connectivity index (χ4n) is 4.48. The molecule has 3 fully saturated rings. The Balaban J connectivity index is 1.30. The molecule has 7 nitrogen and oxygen atoms in total. The van der Waals surface area contributed by atoms with Gasteiger partial charge in [0.15, 0.2) is 6.61 Å². The lowest BCUT2D eigenvalue weighted by molar-refractivity contribution is -0.161. The van der Waals surface area contributed by atoms with E-state index in [2.05, 4.69) is 10.3 Å². The van der Waals surface area contributed by atoms with Gasteiger partial charge in [0.1, 0.15) is 5.82 Å². The largest absolute Gasteiger partial charge is 0.468 e. The van der Waals surface area contributed by atoms with Crippen molar-refractivity contribution in [2.45, 2.75) is 24.8 Å². The number of halogens is 3. The molecule has 3 aliphatic carbocycles. The Bertz CT molecular complexity index is 982. The van der Waals surface area contributed by atoms with E-state index in [1.807, 2.05) is 0 Å². The first-order chi connectivity index (χ1) is 14.2. The van der Waals surface area contributed by atoms with Gasteiger partial charge in [0, 0.05) is 24.3 Å². The Morgan fingerprint density at radius 3 is 2.57 bits per heavy atom. The molecule has 0 aliphatic heterocycles. The first-order valence-corrected chi connectivity index (χ1v) is 9.96. The quantitative estimate of drug-likeness (QED) is 0.657. The van der Waals surface area contributed by atoms with Gasteiger partial charge in [-0.1, -0.05) is 23.2 Å². The second kappa shape index (κ2) is 7.59. The van der Waals surface area contributed by atoms with Gasteiger partial charge in [-0.2, -0.15) is 0 Å². The fourth-order valence-corrected chi connectivity index (χ4v) is 4.70. The van der Waals surface area contributed by atoms with E-state index in [9.17, 15) is 19.1 Å². The van der Waals surface area contributed by atoms with Crippen molar-refractivity contribution in [2.24, 2.45) is 5.41 Å². The van der Waals surface area contributed by atoms with Crippen LogP contribution in [0.4, 0.5) is 14.9 Å². The number of pyridine rings is 1. The number of rotatable bonds is 7. The molecule has 0 spiro atoms. The standard InChI is InChI=1S/C20H18Cl2FN3O4/c21-12-1-4-17(24-6-12)30-7-16(27)25-20-8-19(9-20,10-20)11-26(18(28)29)13-2-3-14(22)15(23)5-13/h1-6H,7-11H2,(H,25,27)(H,28,29). The van der Waals surface area contributed by atoms with Gasteiger partial charge in [-0.25, -0.2) is 14.2 Å². The Hall–Kier alpha value is -2.58. The van der Waals surface area contributed by atoms with Gasteiger partial charge in [0.2, 0.25) is 5.88 Å². The fraction of sp³-hybridized carbons (Fsp3) is 0.350. The van der Waals surface area contributed by atoms with Gasteiger partial charge in [-0.05, 0) is 48.9 Å². The number of aromatic nitrogens is 1. The van der Waals surface area contributed by atoms with Crippen molar-refractivity contribution in [2.75, 3.05) is 18.1 Å². The number of carboxylic acid groups (broad SMARTS) is 1. The van der Waals surface area contributed by atoms with E-state index in [0.717, 1.165) is 11.0 Å². The first-order valence-electron chi connectivity index (χ1n) is 9.20. The highest BCUT2D eigenvalue weighted by Crippen LogP contribution is 2.67. The summed E-state index contributed by atoms with van der Waals surface area (Å²) >= 11 is 11.4. The normalized spacial score (nSPS) is 23.7. The SMILES string of the molecule is O=C(COc1ccc(Cl)cn1)NC12CC(CN(C(=O)O)c3ccc(Cl)c(F)c3)(C1)C2. The van der Waals surface area contributed by atoms with Crippen molar-refractivity contribution >= 4 is 40.9 Å². The Morgan fingerprint density at radius 2 is 1.97 bits per heavy atom. The summed E-state index contributed by atoms with van der Waals surface area (Å²) in [5, 5.41) is 12.9. The van der Waals surface area contributed by atoms with Crippen LogP contribution in [0.3, 0.4) is 0 Å². The maximum Gasteiger partial charge on any atom is 0.411 e. The number of carbonyl (C=O) groups excluding carboxylic acids is 1. The summed E-state index contributed by atoms with van der Waals surface area (Å²) in [6, 6.07) is 7.12. The molecule has 30 heavy (non-hydrogen) atoms. The smallest absolute Gasteiger partial charge is 0.411 e. The molecule has 158 valence electrons. The van der Waals surface area contributed by atoms with Crippen molar-refractivity contribution in [3.8, 4) is 5.88 Å². The molecule has 0 saturated heterocycles. The van der Waals surface area contributed by atoms with E-state index in [1.165, 1.54) is 18.3 Å². The van der Waals surface area contributed by atoms with Gasteiger partial charge >= 0.3 is 6.09 Å². The number of nitrogens with zero attached hydrogens (tertiary/aromatic N) is 2. The van der Waals surface area contributed by atoms with Crippen molar-refractivity contribution in [3.05, 3.63) is 52.4 Å². The van der Waals surface area contributed by atoms with Crippen molar-refractivity contribution in [1.29, 1.82) is 0 Å². The lowest BCUT2D eigenvalue weighted by Gasteiger charge is -2.71. The minimum Gasteiger partial charge on any atom is -0.468 e. The lowest BCUT2D eigenvalue weighted by Crippen LogP contribution is -2.77. The predicted octanol–water partition coefficient (Wildman–Crippen LogP) is 4.13. The number of carbonyl (C=O) groups is 2. The average molecular weight is 454 g/mol. The van der Waals surface area contributed by atoms with Crippen LogP contribution in [0, 0.1) is 11.2 Å². The molecule has 2 aromatic rings. The zero-order valence-corrected chi connectivity index (χ0v) is 17.2. The molecule has 3 aliphatic rings. The van der Waals surface area contributed by atoms with E-state index in [1.54, 1.807) is 12.1 Å². The first kappa shape index (κ1) is 20.7. The number of nitrogens with one attached hydrogen (secondary N) is 1. The van der Waals surface area contributed by atoms with E-state index < -0.39 is 11.9 Å². The van der Waals surface area contributed by atoms with Crippen molar-refractivity contribution in [1.82, 2.24) is 10.3 Å².